The smallest absolute Gasteiger partial charge is 0.408 e. The number of amides is 3. The summed E-state index contributed by atoms with van der Waals surface area (Å²) in [4.78, 5) is 38.7. The van der Waals surface area contributed by atoms with Crippen LogP contribution in [-0.4, -0.2) is 39.5 Å². The Balaban J connectivity index is 2.33. The van der Waals surface area contributed by atoms with Crippen LogP contribution in [0.2, 0.25) is 5.02 Å². The van der Waals surface area contributed by atoms with Crippen molar-refractivity contribution in [2.75, 3.05) is 10.6 Å². The molecule has 31 heavy (non-hydrogen) atoms. The quantitative estimate of drug-likeness (QED) is 0.562. The summed E-state index contributed by atoms with van der Waals surface area (Å²) in [6.07, 6.45) is -0.998. The van der Waals surface area contributed by atoms with Crippen LogP contribution >= 0.6 is 11.6 Å². The largest absolute Gasteiger partial charge is 0.465 e. The number of anilines is 2. The van der Waals surface area contributed by atoms with Gasteiger partial charge in [0, 0.05) is 11.2 Å². The van der Waals surface area contributed by atoms with Crippen LogP contribution in [0.15, 0.2) is 42.5 Å². The Labute approximate surface area is 185 Å². The van der Waals surface area contributed by atoms with Gasteiger partial charge in [-0.25, -0.2) is 9.18 Å². The molecular formula is C22H25ClFN3O4. The number of carbonyl (C=O) groups is 3. The van der Waals surface area contributed by atoms with Gasteiger partial charge in [-0.1, -0.05) is 24.6 Å². The Morgan fingerprint density at radius 1 is 1.10 bits per heavy atom. The van der Waals surface area contributed by atoms with Gasteiger partial charge in [0.25, 0.3) is 5.91 Å². The minimum absolute atomic E-state index is 0.00864. The predicted molar refractivity (Wildman–Crippen MR) is 118 cm³/mol. The molecule has 0 saturated carbocycles. The molecule has 0 aliphatic heterocycles. The molecule has 2 rings (SSSR count). The minimum atomic E-state index is -1.23. The average molecular weight is 450 g/mol. The topological polar surface area (TPSA) is 98.7 Å². The van der Waals surface area contributed by atoms with Crippen molar-refractivity contribution in [3.63, 3.8) is 0 Å². The zero-order valence-corrected chi connectivity index (χ0v) is 18.5. The molecule has 0 radical (unpaired) electrons. The molecule has 3 amide bonds. The van der Waals surface area contributed by atoms with Gasteiger partial charge >= 0.3 is 6.09 Å². The highest BCUT2D eigenvalue weighted by Gasteiger charge is 2.36. The van der Waals surface area contributed by atoms with Crippen LogP contribution in [0.4, 0.5) is 20.6 Å². The van der Waals surface area contributed by atoms with Crippen molar-refractivity contribution in [1.29, 1.82) is 0 Å². The fourth-order valence-corrected chi connectivity index (χ4v) is 3.44. The number of nitrogens with zero attached hydrogens (tertiary/aromatic N) is 1. The Morgan fingerprint density at radius 3 is 2.23 bits per heavy atom. The summed E-state index contributed by atoms with van der Waals surface area (Å²) in [6, 6.07) is 8.75. The Hall–Kier alpha value is -3.13. The van der Waals surface area contributed by atoms with Gasteiger partial charge in [-0.05, 0) is 63.6 Å². The molecular weight excluding hydrogens is 425 g/mol. The van der Waals surface area contributed by atoms with Crippen LogP contribution in [0.3, 0.4) is 0 Å². The van der Waals surface area contributed by atoms with E-state index in [2.05, 4.69) is 10.6 Å². The number of carbonyl (C=O) groups excluding carboxylic acids is 2. The van der Waals surface area contributed by atoms with Crippen molar-refractivity contribution in [1.82, 2.24) is 4.90 Å². The maximum Gasteiger partial charge on any atom is 0.408 e. The van der Waals surface area contributed by atoms with Crippen molar-refractivity contribution in [3.8, 4) is 0 Å². The van der Waals surface area contributed by atoms with E-state index >= 15 is 0 Å². The van der Waals surface area contributed by atoms with Crippen molar-refractivity contribution in [3.05, 3.63) is 58.9 Å². The van der Waals surface area contributed by atoms with Crippen molar-refractivity contribution in [2.45, 2.75) is 45.7 Å². The Morgan fingerprint density at radius 2 is 1.71 bits per heavy atom. The zero-order valence-electron chi connectivity index (χ0n) is 17.7. The van der Waals surface area contributed by atoms with E-state index in [1.165, 1.54) is 36.4 Å². The Bertz CT molecular complexity index is 974. The highest BCUT2D eigenvalue weighted by Crippen LogP contribution is 2.27. The summed E-state index contributed by atoms with van der Waals surface area (Å²) < 4.78 is 13.1. The van der Waals surface area contributed by atoms with Crippen LogP contribution in [0.1, 0.15) is 44.5 Å². The van der Waals surface area contributed by atoms with Gasteiger partial charge in [-0.2, -0.15) is 0 Å². The highest BCUT2D eigenvalue weighted by atomic mass is 35.5. The third kappa shape index (κ3) is 5.95. The minimum Gasteiger partial charge on any atom is -0.465 e. The average Bonchev–Trinajstić information content (AvgIpc) is 2.66. The fraction of sp³-hybridized carbons (Fsp3) is 0.318. The summed E-state index contributed by atoms with van der Waals surface area (Å²) in [5, 5.41) is 15.0. The summed E-state index contributed by atoms with van der Waals surface area (Å²) in [6.45, 7) is 6.78. The fourth-order valence-electron chi connectivity index (χ4n) is 3.17. The molecule has 0 saturated heterocycles. The monoisotopic (exact) mass is 449 g/mol. The lowest BCUT2D eigenvalue weighted by Crippen LogP contribution is -2.55. The van der Waals surface area contributed by atoms with E-state index in [0.29, 0.717) is 5.69 Å². The van der Waals surface area contributed by atoms with Crippen LogP contribution < -0.4 is 10.6 Å². The normalized spacial score (nSPS) is 12.1. The van der Waals surface area contributed by atoms with Crippen molar-refractivity contribution >= 4 is 40.9 Å². The van der Waals surface area contributed by atoms with E-state index < -0.39 is 35.3 Å². The van der Waals surface area contributed by atoms with Crippen LogP contribution in [-0.2, 0) is 4.79 Å². The second-order valence-corrected chi connectivity index (χ2v) is 8.27. The zero-order chi connectivity index (χ0) is 23.3. The van der Waals surface area contributed by atoms with Crippen LogP contribution in [0.5, 0.6) is 0 Å². The lowest BCUT2D eigenvalue weighted by atomic mass is 10.0. The molecule has 1 unspecified atom stereocenters. The summed E-state index contributed by atoms with van der Waals surface area (Å²) in [5.41, 5.74) is -0.329. The first-order valence-electron chi connectivity index (χ1n) is 9.64. The van der Waals surface area contributed by atoms with Gasteiger partial charge in [-0.3, -0.25) is 14.5 Å². The molecule has 0 fully saturated rings. The van der Waals surface area contributed by atoms with E-state index in [1.54, 1.807) is 33.8 Å². The first-order chi connectivity index (χ1) is 14.5. The van der Waals surface area contributed by atoms with Crippen LogP contribution in [0.25, 0.3) is 0 Å². The second-order valence-electron chi connectivity index (χ2n) is 7.86. The van der Waals surface area contributed by atoms with Gasteiger partial charge in [0.2, 0.25) is 5.91 Å². The van der Waals surface area contributed by atoms with Crippen molar-refractivity contribution in [2.24, 2.45) is 0 Å². The number of benzene rings is 2. The maximum atomic E-state index is 13.1. The van der Waals surface area contributed by atoms with Gasteiger partial charge in [0.15, 0.2) is 0 Å². The van der Waals surface area contributed by atoms with Gasteiger partial charge in [0.05, 0.1) is 16.3 Å². The lowest BCUT2D eigenvalue weighted by molar-refractivity contribution is -0.122. The molecule has 3 N–H and O–H groups in total. The first kappa shape index (κ1) is 24.1. The molecule has 2 aromatic carbocycles. The third-order valence-corrected chi connectivity index (χ3v) is 4.85. The Kier molecular flexibility index (Phi) is 7.62. The van der Waals surface area contributed by atoms with E-state index in [4.69, 9.17) is 11.6 Å². The van der Waals surface area contributed by atoms with E-state index in [0.717, 1.165) is 4.90 Å². The molecule has 0 spiro atoms. The molecule has 0 heterocycles. The first-order valence-corrected chi connectivity index (χ1v) is 10.0. The molecule has 1 atom stereocenters. The van der Waals surface area contributed by atoms with E-state index in [9.17, 15) is 23.9 Å². The summed E-state index contributed by atoms with van der Waals surface area (Å²) in [5.74, 6) is -1.64. The number of carboxylic acid groups (broad SMARTS) is 1. The van der Waals surface area contributed by atoms with Crippen LogP contribution in [0, 0.1) is 5.82 Å². The standard InChI is InChI=1S/C22H25ClFN3O4/c1-5-17(27(21(30)31)22(2,3)4)19(28)26-16-8-6-7-15(23)18(16)20(29)25-14-11-9-13(24)10-12-14/h6-12,17H,5H2,1-4H3,(H,25,29)(H,26,28)(H,30,31). The molecule has 2 aromatic rings. The molecule has 7 nitrogen and oxygen atoms in total. The van der Waals surface area contributed by atoms with Gasteiger partial charge in [-0.15, -0.1) is 0 Å². The van der Waals surface area contributed by atoms with Gasteiger partial charge < -0.3 is 15.7 Å². The number of hydrogen-bond donors (Lipinski definition) is 3. The third-order valence-electron chi connectivity index (χ3n) is 4.53. The predicted octanol–water partition coefficient (Wildman–Crippen LogP) is 5.23. The van der Waals surface area contributed by atoms with Crippen molar-refractivity contribution < 1.29 is 23.9 Å². The molecule has 0 aliphatic rings. The van der Waals surface area contributed by atoms with Gasteiger partial charge in [0.1, 0.15) is 11.9 Å². The SMILES string of the molecule is CCC(C(=O)Nc1cccc(Cl)c1C(=O)Nc1ccc(F)cc1)N(C(=O)O)C(C)(C)C. The molecule has 9 heteroatoms. The van der Waals surface area contributed by atoms with E-state index in [-0.39, 0.29) is 22.7 Å². The lowest BCUT2D eigenvalue weighted by Gasteiger charge is -2.38. The highest BCUT2D eigenvalue weighted by molar-refractivity contribution is 6.35. The molecule has 166 valence electrons. The molecule has 0 bridgehead atoms. The maximum absolute atomic E-state index is 13.1. The number of hydrogen-bond acceptors (Lipinski definition) is 3. The number of halogens is 2. The number of nitrogens with one attached hydrogen (secondary N) is 2. The second kappa shape index (κ2) is 9.78. The number of rotatable bonds is 6. The molecule has 0 aromatic heterocycles. The van der Waals surface area contributed by atoms with E-state index in [1.807, 2.05) is 0 Å². The summed E-state index contributed by atoms with van der Waals surface area (Å²) >= 11 is 6.22. The summed E-state index contributed by atoms with van der Waals surface area (Å²) in [7, 11) is 0. The molecule has 0 aliphatic carbocycles.